The SMILES string of the molecule is CS(=O)(=O)N1CCOc2ccc(NC(=O)CCc3ccccc3)cc21. The van der Waals surface area contributed by atoms with Crippen molar-refractivity contribution in [1.29, 1.82) is 0 Å². The number of nitrogens with zero attached hydrogens (tertiary/aromatic N) is 1. The highest BCUT2D eigenvalue weighted by molar-refractivity contribution is 7.92. The molecule has 0 aliphatic carbocycles. The lowest BCUT2D eigenvalue weighted by Gasteiger charge is -2.29. The molecule has 0 atom stereocenters. The van der Waals surface area contributed by atoms with E-state index in [2.05, 4.69) is 5.32 Å². The highest BCUT2D eigenvalue weighted by Gasteiger charge is 2.25. The number of carbonyl (C=O) groups is 1. The Morgan fingerprint density at radius 3 is 2.68 bits per heavy atom. The molecule has 2 aromatic carbocycles. The predicted molar refractivity (Wildman–Crippen MR) is 97.5 cm³/mol. The van der Waals surface area contributed by atoms with Crippen LogP contribution in [0.5, 0.6) is 5.75 Å². The van der Waals surface area contributed by atoms with Gasteiger partial charge in [-0.3, -0.25) is 9.10 Å². The molecule has 1 heterocycles. The van der Waals surface area contributed by atoms with Crippen LogP contribution in [-0.4, -0.2) is 33.7 Å². The summed E-state index contributed by atoms with van der Waals surface area (Å²) in [6.07, 6.45) is 2.16. The number of carbonyl (C=O) groups excluding carboxylic acids is 1. The number of hydrogen-bond acceptors (Lipinski definition) is 4. The average molecular weight is 360 g/mol. The van der Waals surface area contributed by atoms with Gasteiger partial charge in [-0.05, 0) is 30.2 Å². The average Bonchev–Trinajstić information content (AvgIpc) is 2.59. The summed E-state index contributed by atoms with van der Waals surface area (Å²) in [5.74, 6) is 0.380. The predicted octanol–water partition coefficient (Wildman–Crippen LogP) is 2.42. The fraction of sp³-hybridized carbons (Fsp3) is 0.278. The van der Waals surface area contributed by atoms with Crippen LogP contribution >= 0.6 is 0 Å². The van der Waals surface area contributed by atoms with E-state index in [1.54, 1.807) is 18.2 Å². The second kappa shape index (κ2) is 7.14. The first kappa shape index (κ1) is 17.3. The minimum Gasteiger partial charge on any atom is -0.489 e. The zero-order chi connectivity index (χ0) is 17.9. The molecule has 0 aromatic heterocycles. The van der Waals surface area contributed by atoms with Crippen molar-refractivity contribution in [1.82, 2.24) is 0 Å². The maximum absolute atomic E-state index is 12.2. The van der Waals surface area contributed by atoms with Gasteiger partial charge in [0.2, 0.25) is 15.9 Å². The largest absolute Gasteiger partial charge is 0.489 e. The molecule has 0 unspecified atom stereocenters. The quantitative estimate of drug-likeness (QED) is 0.888. The third kappa shape index (κ3) is 4.30. The molecule has 0 saturated carbocycles. The molecule has 132 valence electrons. The van der Waals surface area contributed by atoms with Crippen LogP contribution in [0.3, 0.4) is 0 Å². The van der Waals surface area contributed by atoms with Gasteiger partial charge in [0, 0.05) is 12.1 Å². The zero-order valence-electron chi connectivity index (χ0n) is 13.9. The minimum absolute atomic E-state index is 0.119. The Hall–Kier alpha value is -2.54. The molecule has 3 rings (SSSR count). The van der Waals surface area contributed by atoms with E-state index >= 15 is 0 Å². The van der Waals surface area contributed by atoms with Crippen LogP contribution in [0.2, 0.25) is 0 Å². The summed E-state index contributed by atoms with van der Waals surface area (Å²) < 4.78 is 30.6. The summed E-state index contributed by atoms with van der Waals surface area (Å²) in [4.78, 5) is 12.2. The van der Waals surface area contributed by atoms with Crippen LogP contribution in [-0.2, 0) is 21.2 Å². The molecular formula is C18H20N2O4S. The summed E-state index contributed by atoms with van der Waals surface area (Å²) in [6.45, 7) is 0.570. The Bertz CT molecular complexity index is 866. The van der Waals surface area contributed by atoms with Crippen molar-refractivity contribution in [2.24, 2.45) is 0 Å². The van der Waals surface area contributed by atoms with E-state index in [4.69, 9.17) is 4.74 Å². The lowest BCUT2D eigenvalue weighted by Crippen LogP contribution is -2.37. The monoisotopic (exact) mass is 360 g/mol. The van der Waals surface area contributed by atoms with Crippen molar-refractivity contribution >= 4 is 27.3 Å². The number of aryl methyl sites for hydroxylation is 1. The van der Waals surface area contributed by atoms with E-state index < -0.39 is 10.0 Å². The molecule has 0 saturated heterocycles. The van der Waals surface area contributed by atoms with Gasteiger partial charge in [0.25, 0.3) is 0 Å². The number of hydrogen-bond donors (Lipinski definition) is 1. The lowest BCUT2D eigenvalue weighted by molar-refractivity contribution is -0.116. The number of sulfonamides is 1. The molecule has 0 radical (unpaired) electrons. The Morgan fingerprint density at radius 1 is 1.20 bits per heavy atom. The maximum Gasteiger partial charge on any atom is 0.232 e. The highest BCUT2D eigenvalue weighted by atomic mass is 32.2. The topological polar surface area (TPSA) is 75.7 Å². The summed E-state index contributed by atoms with van der Waals surface area (Å²) in [5.41, 5.74) is 2.10. The number of fused-ring (bicyclic) bond motifs is 1. The first-order valence-corrected chi connectivity index (χ1v) is 9.87. The van der Waals surface area contributed by atoms with Gasteiger partial charge in [0.1, 0.15) is 12.4 Å². The van der Waals surface area contributed by atoms with Crippen LogP contribution in [0.25, 0.3) is 0 Å². The van der Waals surface area contributed by atoms with Gasteiger partial charge in [0.15, 0.2) is 0 Å². The second-order valence-electron chi connectivity index (χ2n) is 5.90. The standard InChI is InChI=1S/C18H20N2O4S/c1-25(22,23)20-11-12-24-17-9-8-15(13-16(17)20)19-18(21)10-7-14-5-3-2-4-6-14/h2-6,8-9,13H,7,10-12H2,1H3,(H,19,21). The Balaban J connectivity index is 1.70. The van der Waals surface area contributed by atoms with E-state index in [-0.39, 0.29) is 12.5 Å². The van der Waals surface area contributed by atoms with E-state index in [9.17, 15) is 13.2 Å². The number of amides is 1. The molecule has 25 heavy (non-hydrogen) atoms. The van der Waals surface area contributed by atoms with Crippen LogP contribution in [0.15, 0.2) is 48.5 Å². The second-order valence-corrected chi connectivity index (χ2v) is 7.81. The van der Waals surface area contributed by atoms with Gasteiger partial charge in [-0.15, -0.1) is 0 Å². The molecule has 0 spiro atoms. The van der Waals surface area contributed by atoms with Gasteiger partial charge in [0.05, 0.1) is 18.5 Å². The molecule has 2 aromatic rings. The molecule has 0 fully saturated rings. The van der Waals surface area contributed by atoms with E-state index in [1.807, 2.05) is 30.3 Å². The third-order valence-electron chi connectivity index (χ3n) is 3.95. The highest BCUT2D eigenvalue weighted by Crippen LogP contribution is 2.35. The summed E-state index contributed by atoms with van der Waals surface area (Å²) >= 11 is 0. The Labute approximate surface area is 147 Å². The summed E-state index contributed by atoms with van der Waals surface area (Å²) in [7, 11) is -3.39. The fourth-order valence-electron chi connectivity index (χ4n) is 2.74. The van der Waals surface area contributed by atoms with Crippen molar-refractivity contribution < 1.29 is 17.9 Å². The first-order valence-electron chi connectivity index (χ1n) is 8.02. The van der Waals surface area contributed by atoms with E-state index in [0.29, 0.717) is 36.6 Å². The molecule has 1 aliphatic heterocycles. The van der Waals surface area contributed by atoms with Crippen molar-refractivity contribution in [2.45, 2.75) is 12.8 Å². The number of rotatable bonds is 5. The molecule has 1 aliphatic rings. The molecule has 7 heteroatoms. The third-order valence-corrected chi connectivity index (χ3v) is 5.13. The van der Waals surface area contributed by atoms with Gasteiger partial charge in [-0.25, -0.2) is 8.42 Å². The maximum atomic E-state index is 12.2. The zero-order valence-corrected chi connectivity index (χ0v) is 14.8. The van der Waals surface area contributed by atoms with E-state index in [1.165, 1.54) is 4.31 Å². The smallest absolute Gasteiger partial charge is 0.232 e. The summed E-state index contributed by atoms with van der Waals surface area (Å²) in [6, 6.07) is 14.8. The van der Waals surface area contributed by atoms with Gasteiger partial charge in [-0.1, -0.05) is 30.3 Å². The normalized spacial score (nSPS) is 13.7. The molecule has 1 amide bonds. The van der Waals surface area contributed by atoms with Crippen molar-refractivity contribution in [2.75, 3.05) is 29.0 Å². The van der Waals surface area contributed by atoms with Crippen molar-refractivity contribution in [3.8, 4) is 5.75 Å². The van der Waals surface area contributed by atoms with Crippen molar-refractivity contribution in [3.63, 3.8) is 0 Å². The first-order chi connectivity index (χ1) is 11.9. The van der Waals surface area contributed by atoms with Crippen LogP contribution in [0.4, 0.5) is 11.4 Å². The fourth-order valence-corrected chi connectivity index (χ4v) is 3.65. The van der Waals surface area contributed by atoms with Crippen LogP contribution < -0.4 is 14.4 Å². The van der Waals surface area contributed by atoms with Crippen molar-refractivity contribution in [3.05, 3.63) is 54.1 Å². The van der Waals surface area contributed by atoms with E-state index in [0.717, 1.165) is 11.8 Å². The molecule has 1 N–H and O–H groups in total. The minimum atomic E-state index is -3.39. The molecule has 0 bridgehead atoms. The summed E-state index contributed by atoms with van der Waals surface area (Å²) in [5, 5.41) is 2.82. The van der Waals surface area contributed by atoms with Crippen LogP contribution in [0, 0.1) is 0 Å². The Kier molecular flexibility index (Phi) is 4.94. The van der Waals surface area contributed by atoms with Gasteiger partial charge >= 0.3 is 0 Å². The molecule has 6 nitrogen and oxygen atoms in total. The van der Waals surface area contributed by atoms with Gasteiger partial charge in [-0.2, -0.15) is 0 Å². The van der Waals surface area contributed by atoms with Crippen LogP contribution in [0.1, 0.15) is 12.0 Å². The Morgan fingerprint density at radius 2 is 1.96 bits per heavy atom. The number of ether oxygens (including phenoxy) is 1. The number of nitrogens with one attached hydrogen (secondary N) is 1. The number of anilines is 2. The van der Waals surface area contributed by atoms with Gasteiger partial charge < -0.3 is 10.1 Å². The molecular weight excluding hydrogens is 340 g/mol. The number of benzene rings is 2. The lowest BCUT2D eigenvalue weighted by atomic mass is 10.1.